The van der Waals surface area contributed by atoms with Gasteiger partial charge in [0.25, 0.3) is 0 Å². The van der Waals surface area contributed by atoms with Gasteiger partial charge >= 0.3 is 0 Å². The Labute approximate surface area is 65.8 Å². The second kappa shape index (κ2) is 4.77. The summed E-state index contributed by atoms with van der Waals surface area (Å²) in [5.41, 5.74) is 0. The fourth-order valence-electron chi connectivity index (χ4n) is 0.917. The minimum Gasteiger partial charge on any atom is -0.299 e. The number of ketones is 2. The van der Waals surface area contributed by atoms with Crippen LogP contribution in [0.15, 0.2) is 0 Å². The van der Waals surface area contributed by atoms with Crippen molar-refractivity contribution in [1.82, 2.24) is 0 Å². The first-order valence-corrected chi connectivity index (χ1v) is 3.63. The molecule has 0 saturated carbocycles. The Kier molecular flexibility index (Phi) is 4.34. The summed E-state index contributed by atoms with van der Waals surface area (Å²) in [5, 5.41) is 0. The maximum Gasteiger partial charge on any atom is 0.205 e. The number of carbonyl (C=O) groups is 3. The van der Waals surface area contributed by atoms with Gasteiger partial charge in [0.2, 0.25) is 5.78 Å². The van der Waals surface area contributed by atoms with Crippen LogP contribution < -0.4 is 0 Å². The van der Waals surface area contributed by atoms with Crippen LogP contribution in [0.1, 0.15) is 26.7 Å². The van der Waals surface area contributed by atoms with Crippen LogP contribution in [0.4, 0.5) is 0 Å². The molecule has 0 saturated heterocycles. The van der Waals surface area contributed by atoms with Crippen molar-refractivity contribution in [3.05, 3.63) is 0 Å². The van der Waals surface area contributed by atoms with Crippen LogP contribution in [-0.4, -0.2) is 17.9 Å². The molecule has 1 unspecified atom stereocenters. The smallest absolute Gasteiger partial charge is 0.205 e. The van der Waals surface area contributed by atoms with Crippen LogP contribution in [-0.2, 0) is 14.4 Å². The monoisotopic (exact) mass is 156 g/mol. The van der Waals surface area contributed by atoms with E-state index >= 15 is 0 Å². The number of carbonyl (C=O) groups excluding carboxylic acids is 3. The lowest BCUT2D eigenvalue weighted by Crippen LogP contribution is -2.22. The van der Waals surface area contributed by atoms with Crippen molar-refractivity contribution in [3.63, 3.8) is 0 Å². The van der Waals surface area contributed by atoms with Crippen molar-refractivity contribution in [3.8, 4) is 0 Å². The molecule has 0 N–H and O–H groups in total. The van der Waals surface area contributed by atoms with Gasteiger partial charge in [-0.1, -0.05) is 13.3 Å². The molecule has 0 fully saturated rings. The molecule has 3 heteroatoms. The van der Waals surface area contributed by atoms with E-state index in [0.717, 1.165) is 6.42 Å². The van der Waals surface area contributed by atoms with E-state index in [-0.39, 0.29) is 12.1 Å². The Bertz CT molecular complexity index is 172. The normalized spacial score (nSPS) is 12.2. The molecule has 0 aliphatic carbocycles. The summed E-state index contributed by atoms with van der Waals surface area (Å²) in [7, 11) is 0. The Morgan fingerprint density at radius 2 is 2.00 bits per heavy atom. The van der Waals surface area contributed by atoms with Crippen LogP contribution >= 0.6 is 0 Å². The van der Waals surface area contributed by atoms with Crippen molar-refractivity contribution in [2.45, 2.75) is 26.7 Å². The third-order valence-electron chi connectivity index (χ3n) is 1.53. The van der Waals surface area contributed by atoms with Gasteiger partial charge in [-0.3, -0.25) is 14.4 Å². The topological polar surface area (TPSA) is 51.2 Å². The summed E-state index contributed by atoms with van der Waals surface area (Å²) >= 11 is 0. The van der Waals surface area contributed by atoms with Crippen molar-refractivity contribution in [1.29, 1.82) is 0 Å². The molecule has 11 heavy (non-hydrogen) atoms. The van der Waals surface area contributed by atoms with E-state index in [9.17, 15) is 14.4 Å². The zero-order valence-electron chi connectivity index (χ0n) is 6.79. The molecule has 0 bridgehead atoms. The first kappa shape index (κ1) is 10.0. The van der Waals surface area contributed by atoms with Gasteiger partial charge in [0.05, 0.1) is 5.92 Å². The summed E-state index contributed by atoms with van der Waals surface area (Å²) in [5.74, 6) is -1.51. The van der Waals surface area contributed by atoms with Crippen LogP contribution in [0.2, 0.25) is 0 Å². The fourth-order valence-corrected chi connectivity index (χ4v) is 0.917. The van der Waals surface area contributed by atoms with E-state index in [1.54, 1.807) is 0 Å². The average molecular weight is 156 g/mol. The minimum atomic E-state index is -0.697. The average Bonchev–Trinajstić information content (AvgIpc) is 1.98. The van der Waals surface area contributed by atoms with Crippen molar-refractivity contribution in [2.75, 3.05) is 0 Å². The molecule has 0 spiro atoms. The van der Waals surface area contributed by atoms with Gasteiger partial charge in [0.1, 0.15) is 5.78 Å². The first-order chi connectivity index (χ1) is 5.13. The molecule has 0 aliphatic rings. The van der Waals surface area contributed by atoms with Crippen LogP contribution in [0, 0.1) is 5.92 Å². The van der Waals surface area contributed by atoms with E-state index < -0.39 is 11.7 Å². The second-order valence-corrected chi connectivity index (χ2v) is 2.47. The van der Waals surface area contributed by atoms with Gasteiger partial charge in [-0.25, -0.2) is 0 Å². The Balaban J connectivity index is 4.20. The summed E-state index contributed by atoms with van der Waals surface area (Å²) in [6.45, 7) is 3.20. The number of rotatable bonds is 5. The molecule has 0 aliphatic heterocycles. The van der Waals surface area contributed by atoms with Crippen LogP contribution in [0.25, 0.3) is 0 Å². The molecule has 0 amide bonds. The molecule has 3 nitrogen and oxygen atoms in total. The summed E-state index contributed by atoms with van der Waals surface area (Å²) in [6, 6.07) is 0. The lowest BCUT2D eigenvalue weighted by atomic mass is 9.95. The summed E-state index contributed by atoms with van der Waals surface area (Å²) in [6.07, 6.45) is 1.44. The summed E-state index contributed by atoms with van der Waals surface area (Å²) < 4.78 is 0. The lowest BCUT2D eigenvalue weighted by Gasteiger charge is -2.05. The molecule has 0 heterocycles. The van der Waals surface area contributed by atoms with Gasteiger partial charge in [-0.15, -0.1) is 0 Å². The maximum atomic E-state index is 10.8. The van der Waals surface area contributed by atoms with Crippen molar-refractivity contribution in [2.24, 2.45) is 5.92 Å². The highest BCUT2D eigenvalue weighted by atomic mass is 16.2. The third kappa shape index (κ3) is 3.07. The molecule has 0 radical (unpaired) electrons. The SMILES string of the molecule is CCCC(C(C)=O)C(=O)C=O. The predicted octanol–water partition coefficient (Wildman–Crippen LogP) is 0.760. The van der Waals surface area contributed by atoms with Gasteiger partial charge < -0.3 is 0 Å². The second-order valence-electron chi connectivity index (χ2n) is 2.47. The van der Waals surface area contributed by atoms with Gasteiger partial charge in [0.15, 0.2) is 6.29 Å². The van der Waals surface area contributed by atoms with Crippen molar-refractivity contribution < 1.29 is 14.4 Å². The highest BCUT2D eigenvalue weighted by Crippen LogP contribution is 2.07. The van der Waals surface area contributed by atoms with E-state index in [4.69, 9.17) is 0 Å². The molecule has 0 aromatic carbocycles. The highest BCUT2D eigenvalue weighted by molar-refractivity contribution is 6.30. The number of aldehydes is 1. The van der Waals surface area contributed by atoms with E-state index in [0.29, 0.717) is 6.42 Å². The van der Waals surface area contributed by atoms with Crippen LogP contribution in [0.5, 0.6) is 0 Å². The Morgan fingerprint density at radius 1 is 1.45 bits per heavy atom. The number of hydrogen-bond acceptors (Lipinski definition) is 3. The van der Waals surface area contributed by atoms with Gasteiger partial charge in [-0.2, -0.15) is 0 Å². The van der Waals surface area contributed by atoms with E-state index in [1.165, 1.54) is 6.92 Å². The van der Waals surface area contributed by atoms with Crippen LogP contribution in [0.3, 0.4) is 0 Å². The van der Waals surface area contributed by atoms with E-state index in [1.807, 2.05) is 6.92 Å². The Hall–Kier alpha value is -0.990. The Morgan fingerprint density at radius 3 is 2.27 bits per heavy atom. The van der Waals surface area contributed by atoms with Gasteiger partial charge in [0, 0.05) is 0 Å². The van der Waals surface area contributed by atoms with E-state index in [2.05, 4.69) is 0 Å². The summed E-state index contributed by atoms with van der Waals surface area (Å²) in [4.78, 5) is 31.5. The maximum absolute atomic E-state index is 10.8. The third-order valence-corrected chi connectivity index (χ3v) is 1.53. The molecule has 0 rings (SSSR count). The lowest BCUT2D eigenvalue weighted by molar-refractivity contribution is -0.137. The first-order valence-electron chi connectivity index (χ1n) is 3.63. The molecule has 62 valence electrons. The zero-order chi connectivity index (χ0) is 8.85. The number of Topliss-reactive ketones (excluding diaryl/α,β-unsaturated/α-hetero) is 2. The standard InChI is InChI=1S/C8H12O3/c1-3-4-7(6(2)10)8(11)5-9/h5,7H,3-4H2,1-2H3. The number of hydrogen-bond donors (Lipinski definition) is 0. The zero-order valence-corrected chi connectivity index (χ0v) is 6.79. The quantitative estimate of drug-likeness (QED) is 0.335. The molecule has 1 atom stereocenters. The molecular weight excluding hydrogens is 144 g/mol. The van der Waals surface area contributed by atoms with Crippen molar-refractivity contribution >= 4 is 17.9 Å². The predicted molar refractivity (Wildman–Crippen MR) is 40.2 cm³/mol. The molecule has 0 aromatic heterocycles. The van der Waals surface area contributed by atoms with Gasteiger partial charge in [-0.05, 0) is 13.3 Å². The molecular formula is C8H12O3. The molecule has 0 aromatic rings. The fraction of sp³-hybridized carbons (Fsp3) is 0.625. The highest BCUT2D eigenvalue weighted by Gasteiger charge is 2.20. The minimum absolute atomic E-state index is 0.219. The largest absolute Gasteiger partial charge is 0.299 e.